The number of rotatable bonds is 4. The van der Waals surface area contributed by atoms with Crippen LogP contribution in [0.15, 0.2) is 30.3 Å². The van der Waals surface area contributed by atoms with Gasteiger partial charge in [-0.1, -0.05) is 30.3 Å². The maximum absolute atomic E-state index is 13.4. The first kappa shape index (κ1) is 16.9. The minimum Gasteiger partial charge on any atom is -0.461 e. The van der Waals surface area contributed by atoms with Crippen LogP contribution in [0, 0.1) is 0 Å². The average Bonchev–Trinajstić information content (AvgIpc) is 2.89. The maximum atomic E-state index is 13.4. The maximum Gasteiger partial charge on any atom is 0.420 e. The average molecular weight is 334 g/mol. The van der Waals surface area contributed by atoms with Gasteiger partial charge in [0.15, 0.2) is 5.69 Å². The van der Waals surface area contributed by atoms with E-state index in [0.29, 0.717) is 0 Å². The molecule has 0 radical (unpaired) electrons. The number of carbonyl (C=O) groups is 1. The van der Waals surface area contributed by atoms with Crippen LogP contribution in [0.3, 0.4) is 0 Å². The van der Waals surface area contributed by atoms with Crippen molar-refractivity contribution >= 4 is 5.97 Å². The molecule has 4 nitrogen and oxygen atoms in total. The molecule has 2 rings (SSSR count). The lowest BCUT2D eigenvalue weighted by Gasteiger charge is -2.10. The third-order valence-corrected chi connectivity index (χ3v) is 2.89. The molecule has 0 atom stereocenters. The van der Waals surface area contributed by atoms with Crippen LogP contribution in [-0.4, -0.2) is 22.4 Å². The number of ether oxygens (including phenoxy) is 1. The van der Waals surface area contributed by atoms with Gasteiger partial charge < -0.3 is 4.74 Å². The lowest BCUT2D eigenvalue weighted by molar-refractivity contribution is -0.137. The fourth-order valence-corrected chi connectivity index (χ4v) is 2.04. The van der Waals surface area contributed by atoms with E-state index >= 15 is 0 Å². The van der Waals surface area contributed by atoms with Gasteiger partial charge in [-0.2, -0.15) is 31.7 Å². The quantitative estimate of drug-likeness (QED) is 0.623. The molecule has 9 heteroatoms. The summed E-state index contributed by atoms with van der Waals surface area (Å²) in [6.45, 7) is -2.33. The molecule has 0 saturated heterocycles. The van der Waals surface area contributed by atoms with Crippen molar-refractivity contribution in [3.63, 3.8) is 0 Å². The zero-order valence-corrected chi connectivity index (χ0v) is 11.8. The Morgan fingerprint density at radius 3 is 2.35 bits per heavy atom. The van der Waals surface area contributed by atoms with E-state index in [1.54, 1.807) is 6.07 Å². The Labute approximate surface area is 127 Å². The molecule has 0 N–H and O–H groups in total. The SMILES string of the molecule is CCOC(=O)c1c(C(F)(F)F)c(-c2ccccc2)nn1C(F)F. The largest absolute Gasteiger partial charge is 0.461 e. The molecule has 23 heavy (non-hydrogen) atoms. The van der Waals surface area contributed by atoms with Crippen molar-refractivity contribution in [2.45, 2.75) is 19.6 Å². The summed E-state index contributed by atoms with van der Waals surface area (Å²) in [5, 5.41) is 3.30. The van der Waals surface area contributed by atoms with Crippen LogP contribution in [0.1, 0.15) is 29.5 Å². The van der Waals surface area contributed by atoms with Gasteiger partial charge in [0.2, 0.25) is 0 Å². The number of aromatic nitrogens is 2. The van der Waals surface area contributed by atoms with Crippen molar-refractivity contribution in [1.29, 1.82) is 0 Å². The van der Waals surface area contributed by atoms with Crippen molar-refractivity contribution in [1.82, 2.24) is 9.78 Å². The van der Waals surface area contributed by atoms with Gasteiger partial charge in [0.1, 0.15) is 11.3 Å². The second-order valence-corrected chi connectivity index (χ2v) is 4.38. The van der Waals surface area contributed by atoms with Crippen LogP contribution in [0.5, 0.6) is 0 Å². The predicted octanol–water partition coefficient (Wildman–Crippen LogP) is 4.14. The van der Waals surface area contributed by atoms with Crippen molar-refractivity contribution in [2.75, 3.05) is 6.61 Å². The first-order valence-corrected chi connectivity index (χ1v) is 6.47. The summed E-state index contributed by atoms with van der Waals surface area (Å²) >= 11 is 0. The zero-order chi connectivity index (χ0) is 17.2. The van der Waals surface area contributed by atoms with E-state index in [1.807, 2.05) is 0 Å². The van der Waals surface area contributed by atoms with E-state index in [0.717, 1.165) is 0 Å². The molecule has 1 aromatic carbocycles. The summed E-state index contributed by atoms with van der Waals surface area (Å²) in [4.78, 5) is 11.8. The highest BCUT2D eigenvalue weighted by Crippen LogP contribution is 2.40. The van der Waals surface area contributed by atoms with Gasteiger partial charge in [0, 0.05) is 5.56 Å². The van der Waals surface area contributed by atoms with Gasteiger partial charge in [-0.05, 0) is 6.92 Å². The van der Waals surface area contributed by atoms with Crippen molar-refractivity contribution in [2.24, 2.45) is 0 Å². The summed E-state index contributed by atoms with van der Waals surface area (Å²) in [5.41, 5.74) is -3.64. The molecular weight excluding hydrogens is 323 g/mol. The Morgan fingerprint density at radius 1 is 1.26 bits per heavy atom. The Hall–Kier alpha value is -2.45. The van der Waals surface area contributed by atoms with Crippen LogP contribution in [0.25, 0.3) is 11.3 Å². The Bertz CT molecular complexity index is 695. The highest BCUT2D eigenvalue weighted by atomic mass is 19.4. The summed E-state index contributed by atoms with van der Waals surface area (Å²) < 4.78 is 70.4. The van der Waals surface area contributed by atoms with E-state index < -0.39 is 35.6 Å². The van der Waals surface area contributed by atoms with E-state index in [2.05, 4.69) is 9.84 Å². The molecule has 0 saturated carbocycles. The third kappa shape index (κ3) is 3.33. The van der Waals surface area contributed by atoms with Gasteiger partial charge in [0.05, 0.1) is 6.61 Å². The Kier molecular flexibility index (Phi) is 4.67. The lowest BCUT2D eigenvalue weighted by atomic mass is 10.1. The minimum atomic E-state index is -5.06. The molecule has 0 bridgehead atoms. The molecule has 124 valence electrons. The van der Waals surface area contributed by atoms with Gasteiger partial charge >= 0.3 is 18.7 Å². The Morgan fingerprint density at radius 2 is 1.87 bits per heavy atom. The summed E-state index contributed by atoms with van der Waals surface area (Å²) in [6, 6.07) is 6.97. The zero-order valence-electron chi connectivity index (χ0n) is 11.8. The van der Waals surface area contributed by atoms with E-state index in [1.165, 1.54) is 31.2 Å². The van der Waals surface area contributed by atoms with E-state index in [4.69, 9.17) is 0 Å². The number of nitrogens with zero attached hydrogens (tertiary/aromatic N) is 2. The molecule has 0 aliphatic carbocycles. The number of alkyl halides is 5. The fraction of sp³-hybridized carbons (Fsp3) is 0.286. The number of esters is 1. The molecule has 0 fully saturated rings. The predicted molar refractivity (Wildman–Crippen MR) is 69.9 cm³/mol. The third-order valence-electron chi connectivity index (χ3n) is 2.89. The number of hydrogen-bond donors (Lipinski definition) is 0. The number of halogens is 5. The van der Waals surface area contributed by atoms with Crippen molar-refractivity contribution in [3.8, 4) is 11.3 Å². The first-order valence-electron chi connectivity index (χ1n) is 6.47. The van der Waals surface area contributed by atoms with Crippen molar-refractivity contribution < 1.29 is 31.5 Å². The normalized spacial score (nSPS) is 11.8. The summed E-state index contributed by atoms with van der Waals surface area (Å²) in [7, 11) is 0. The molecule has 1 aromatic heterocycles. The topological polar surface area (TPSA) is 44.1 Å². The minimum absolute atomic E-state index is 0.0372. The lowest BCUT2D eigenvalue weighted by Crippen LogP contribution is -2.19. The van der Waals surface area contributed by atoms with Gasteiger partial charge in [-0.25, -0.2) is 4.79 Å². The second kappa shape index (κ2) is 6.35. The standard InChI is InChI=1S/C14H11F5N2O2/c1-2-23-12(22)11-9(14(17,18)19)10(20-21(11)13(15)16)8-6-4-3-5-7-8/h3-7,13H,2H2,1H3. The number of benzene rings is 1. The highest BCUT2D eigenvalue weighted by Gasteiger charge is 2.44. The van der Waals surface area contributed by atoms with E-state index in [-0.39, 0.29) is 16.9 Å². The number of carbonyl (C=O) groups excluding carboxylic acids is 1. The van der Waals surface area contributed by atoms with Crippen LogP contribution >= 0.6 is 0 Å². The van der Waals surface area contributed by atoms with Gasteiger partial charge in [-0.3, -0.25) is 0 Å². The molecule has 2 aromatic rings. The molecule has 0 unspecified atom stereocenters. The van der Waals surface area contributed by atoms with Crippen molar-refractivity contribution in [3.05, 3.63) is 41.6 Å². The molecule has 0 aliphatic heterocycles. The highest BCUT2D eigenvalue weighted by molar-refractivity contribution is 5.92. The smallest absolute Gasteiger partial charge is 0.420 e. The fourth-order valence-electron chi connectivity index (χ4n) is 2.04. The molecular formula is C14H11F5N2O2. The summed E-state index contributed by atoms with van der Waals surface area (Å²) in [6.07, 6.45) is -5.06. The van der Waals surface area contributed by atoms with Crippen LogP contribution < -0.4 is 0 Å². The van der Waals surface area contributed by atoms with Crippen LogP contribution in [-0.2, 0) is 10.9 Å². The molecule has 0 aliphatic rings. The van der Waals surface area contributed by atoms with Gasteiger partial charge in [-0.15, -0.1) is 0 Å². The first-order chi connectivity index (χ1) is 10.8. The molecule has 1 heterocycles. The van der Waals surface area contributed by atoms with Crippen LogP contribution in [0.2, 0.25) is 0 Å². The molecule has 0 amide bonds. The second-order valence-electron chi connectivity index (χ2n) is 4.38. The van der Waals surface area contributed by atoms with Crippen LogP contribution in [0.4, 0.5) is 22.0 Å². The van der Waals surface area contributed by atoms with E-state index in [9.17, 15) is 26.7 Å². The Balaban J connectivity index is 2.78. The summed E-state index contributed by atoms with van der Waals surface area (Å²) in [5.74, 6) is -1.50. The van der Waals surface area contributed by atoms with Gasteiger partial charge in [0.25, 0.3) is 0 Å². The monoisotopic (exact) mass is 334 g/mol. The molecule has 0 spiro atoms. The number of hydrogen-bond acceptors (Lipinski definition) is 3.